The van der Waals surface area contributed by atoms with Gasteiger partial charge in [0.25, 0.3) is 0 Å². The van der Waals surface area contributed by atoms with E-state index in [1.165, 1.54) is 0 Å². The second-order valence-electron chi connectivity index (χ2n) is 4.51. The van der Waals surface area contributed by atoms with Crippen molar-refractivity contribution in [3.8, 4) is 11.5 Å². The minimum Gasteiger partial charge on any atom is -0.493 e. The number of hydrogen-bond acceptors (Lipinski definition) is 4. The first-order valence-corrected chi connectivity index (χ1v) is 6.59. The highest BCUT2D eigenvalue weighted by atomic mass is 16.5. The Kier molecular flexibility index (Phi) is 4.96. The smallest absolute Gasteiger partial charge is 0.161 e. The molecule has 0 aliphatic carbocycles. The van der Waals surface area contributed by atoms with Gasteiger partial charge < -0.3 is 14.6 Å². The summed E-state index contributed by atoms with van der Waals surface area (Å²) < 4.78 is 11.0. The van der Waals surface area contributed by atoms with E-state index in [9.17, 15) is 5.11 Å². The van der Waals surface area contributed by atoms with E-state index in [2.05, 4.69) is 4.98 Å². The van der Waals surface area contributed by atoms with Crippen molar-refractivity contribution in [2.75, 3.05) is 13.7 Å². The lowest BCUT2D eigenvalue weighted by atomic mass is 10.1. The number of nitrogens with zero attached hydrogens (tertiary/aromatic N) is 1. The first kappa shape index (κ1) is 14.3. The molecule has 0 saturated heterocycles. The summed E-state index contributed by atoms with van der Waals surface area (Å²) >= 11 is 0. The molecule has 0 amide bonds. The van der Waals surface area contributed by atoms with Crippen LogP contribution in [0.1, 0.15) is 24.3 Å². The van der Waals surface area contributed by atoms with Crippen LogP contribution in [0, 0.1) is 0 Å². The second kappa shape index (κ2) is 6.91. The van der Waals surface area contributed by atoms with Crippen LogP contribution in [0.15, 0.2) is 42.6 Å². The van der Waals surface area contributed by atoms with Gasteiger partial charge in [0.1, 0.15) is 0 Å². The van der Waals surface area contributed by atoms with Crippen molar-refractivity contribution in [2.45, 2.75) is 19.4 Å². The fraction of sp³-hybridized carbons (Fsp3) is 0.312. The van der Waals surface area contributed by atoms with Crippen molar-refractivity contribution in [1.29, 1.82) is 0 Å². The summed E-state index contributed by atoms with van der Waals surface area (Å²) in [6.07, 6.45) is 1.99. The number of hydrogen-bond donors (Lipinski definition) is 1. The Morgan fingerprint density at radius 3 is 2.70 bits per heavy atom. The molecule has 0 radical (unpaired) electrons. The van der Waals surface area contributed by atoms with Crippen LogP contribution in [-0.2, 0) is 6.42 Å². The maximum absolute atomic E-state index is 9.55. The highest BCUT2D eigenvalue weighted by molar-refractivity contribution is 5.43. The highest BCUT2D eigenvalue weighted by Crippen LogP contribution is 2.30. The van der Waals surface area contributed by atoms with Crippen molar-refractivity contribution in [3.05, 3.63) is 53.9 Å². The van der Waals surface area contributed by atoms with Crippen molar-refractivity contribution < 1.29 is 14.6 Å². The number of rotatable bonds is 6. The summed E-state index contributed by atoms with van der Waals surface area (Å²) in [5, 5.41) is 9.55. The summed E-state index contributed by atoms with van der Waals surface area (Å²) in [7, 11) is 1.59. The molecule has 2 rings (SSSR count). The summed E-state index contributed by atoms with van der Waals surface area (Å²) in [6, 6.07) is 11.3. The molecule has 0 spiro atoms. The van der Waals surface area contributed by atoms with Gasteiger partial charge in [-0.1, -0.05) is 12.1 Å². The zero-order chi connectivity index (χ0) is 14.4. The largest absolute Gasteiger partial charge is 0.493 e. The minimum atomic E-state index is -0.522. The van der Waals surface area contributed by atoms with Crippen LogP contribution < -0.4 is 9.47 Å². The van der Waals surface area contributed by atoms with E-state index in [0.717, 1.165) is 17.7 Å². The van der Waals surface area contributed by atoms with Gasteiger partial charge in [0.2, 0.25) is 0 Å². The van der Waals surface area contributed by atoms with E-state index < -0.39 is 6.10 Å². The molecule has 2 aromatic rings. The molecule has 1 atom stereocenters. The molecule has 1 aromatic carbocycles. The van der Waals surface area contributed by atoms with Gasteiger partial charge in [0.15, 0.2) is 11.5 Å². The molecule has 0 aliphatic heterocycles. The van der Waals surface area contributed by atoms with Crippen LogP contribution >= 0.6 is 0 Å². The van der Waals surface area contributed by atoms with Gasteiger partial charge >= 0.3 is 0 Å². The number of aliphatic hydroxyl groups is 1. The first-order valence-electron chi connectivity index (χ1n) is 6.59. The topological polar surface area (TPSA) is 51.6 Å². The van der Waals surface area contributed by atoms with Crippen molar-refractivity contribution in [3.63, 3.8) is 0 Å². The molecule has 0 saturated carbocycles. The van der Waals surface area contributed by atoms with Crippen molar-refractivity contribution in [1.82, 2.24) is 4.98 Å². The highest BCUT2D eigenvalue weighted by Gasteiger charge is 2.08. The standard InChI is InChI=1S/C16H19NO3/c1-12(18)13-6-7-15(16(11-13)19-2)20-10-8-14-5-3-4-9-17-14/h3-7,9,11-12,18H,8,10H2,1-2H3. The monoisotopic (exact) mass is 273 g/mol. The molecule has 1 aromatic heterocycles. The molecule has 1 heterocycles. The number of pyridine rings is 1. The summed E-state index contributed by atoms with van der Waals surface area (Å²) in [6.45, 7) is 2.25. The lowest BCUT2D eigenvalue weighted by molar-refractivity contribution is 0.198. The molecule has 0 bridgehead atoms. The Bertz CT molecular complexity index is 541. The van der Waals surface area contributed by atoms with Gasteiger partial charge in [0, 0.05) is 18.3 Å². The molecule has 4 nitrogen and oxygen atoms in total. The molecule has 4 heteroatoms. The van der Waals surface area contributed by atoms with Crippen molar-refractivity contribution in [2.24, 2.45) is 0 Å². The number of benzene rings is 1. The first-order chi connectivity index (χ1) is 9.70. The zero-order valence-corrected chi connectivity index (χ0v) is 11.7. The third-order valence-corrected chi connectivity index (χ3v) is 3.01. The van der Waals surface area contributed by atoms with Crippen LogP contribution in [0.4, 0.5) is 0 Å². The van der Waals surface area contributed by atoms with Crippen LogP contribution in [0.25, 0.3) is 0 Å². The van der Waals surface area contributed by atoms with Crippen LogP contribution in [0.5, 0.6) is 11.5 Å². The zero-order valence-electron chi connectivity index (χ0n) is 11.7. The van der Waals surface area contributed by atoms with Gasteiger partial charge in [0.05, 0.1) is 19.8 Å². The van der Waals surface area contributed by atoms with Crippen LogP contribution in [0.3, 0.4) is 0 Å². The second-order valence-corrected chi connectivity index (χ2v) is 4.51. The predicted molar refractivity (Wildman–Crippen MR) is 77.1 cm³/mol. The van der Waals surface area contributed by atoms with Crippen molar-refractivity contribution >= 4 is 0 Å². The quantitative estimate of drug-likeness (QED) is 0.879. The number of ether oxygens (including phenoxy) is 2. The van der Waals surface area contributed by atoms with Gasteiger partial charge in [-0.3, -0.25) is 4.98 Å². The number of aromatic nitrogens is 1. The molecule has 1 N–H and O–H groups in total. The summed E-state index contributed by atoms with van der Waals surface area (Å²) in [4.78, 5) is 4.25. The summed E-state index contributed by atoms with van der Waals surface area (Å²) in [5.41, 5.74) is 1.80. The lowest BCUT2D eigenvalue weighted by Crippen LogP contribution is -2.04. The van der Waals surface area contributed by atoms with E-state index in [1.54, 1.807) is 26.3 Å². The molecule has 1 unspecified atom stereocenters. The minimum absolute atomic E-state index is 0.522. The molecule has 0 fully saturated rings. The number of methoxy groups -OCH3 is 1. The Morgan fingerprint density at radius 1 is 1.20 bits per heavy atom. The van der Waals surface area contributed by atoms with Gasteiger partial charge in [-0.05, 0) is 36.8 Å². The maximum Gasteiger partial charge on any atom is 0.161 e. The Balaban J connectivity index is 1.99. The third kappa shape index (κ3) is 3.71. The fourth-order valence-corrected chi connectivity index (χ4v) is 1.87. The van der Waals surface area contributed by atoms with Crippen LogP contribution in [-0.4, -0.2) is 23.8 Å². The van der Waals surface area contributed by atoms with E-state index >= 15 is 0 Å². The Hall–Kier alpha value is -2.07. The van der Waals surface area contributed by atoms with E-state index in [0.29, 0.717) is 18.1 Å². The van der Waals surface area contributed by atoms with E-state index in [4.69, 9.17) is 9.47 Å². The predicted octanol–water partition coefficient (Wildman–Crippen LogP) is 2.77. The van der Waals surface area contributed by atoms with E-state index in [-0.39, 0.29) is 0 Å². The molecular weight excluding hydrogens is 254 g/mol. The Morgan fingerprint density at radius 2 is 2.05 bits per heavy atom. The Labute approximate surface area is 119 Å². The number of aliphatic hydroxyl groups excluding tert-OH is 1. The third-order valence-electron chi connectivity index (χ3n) is 3.01. The van der Waals surface area contributed by atoms with Crippen LogP contribution in [0.2, 0.25) is 0 Å². The van der Waals surface area contributed by atoms with E-state index in [1.807, 2.05) is 30.3 Å². The van der Waals surface area contributed by atoms with Gasteiger partial charge in [-0.25, -0.2) is 0 Å². The van der Waals surface area contributed by atoms with Gasteiger partial charge in [-0.2, -0.15) is 0 Å². The lowest BCUT2D eigenvalue weighted by Gasteiger charge is -2.13. The average Bonchev–Trinajstić information content (AvgIpc) is 2.48. The molecule has 0 aliphatic rings. The van der Waals surface area contributed by atoms with Gasteiger partial charge in [-0.15, -0.1) is 0 Å². The maximum atomic E-state index is 9.55. The molecular formula is C16H19NO3. The molecule has 20 heavy (non-hydrogen) atoms. The normalized spacial score (nSPS) is 11.9. The fourth-order valence-electron chi connectivity index (χ4n) is 1.87. The summed E-state index contributed by atoms with van der Waals surface area (Å²) in [5.74, 6) is 1.30. The molecule has 106 valence electrons. The average molecular weight is 273 g/mol. The SMILES string of the molecule is COc1cc(C(C)O)ccc1OCCc1ccccn1.